The third kappa shape index (κ3) is 3.01. The van der Waals surface area contributed by atoms with E-state index < -0.39 is 0 Å². The number of para-hydroxylation sites is 1. The van der Waals surface area contributed by atoms with E-state index in [2.05, 4.69) is 5.92 Å². The first-order valence-electron chi connectivity index (χ1n) is 6.45. The van der Waals surface area contributed by atoms with Gasteiger partial charge in [0.1, 0.15) is 0 Å². The van der Waals surface area contributed by atoms with Crippen LogP contribution >= 0.6 is 0 Å². The number of aryl methyl sites for hydroxylation is 1. The number of carbonyl (C=O) groups is 1. The van der Waals surface area contributed by atoms with Gasteiger partial charge >= 0.3 is 5.97 Å². The molecule has 0 radical (unpaired) electrons. The lowest BCUT2D eigenvalue weighted by molar-refractivity contribution is -0.0123. The third-order valence-electron chi connectivity index (χ3n) is 3.04. The number of aromatic nitrogens is 1. The second-order valence-corrected chi connectivity index (χ2v) is 4.40. The van der Waals surface area contributed by atoms with Gasteiger partial charge in [-0.3, -0.25) is 0 Å². The number of ether oxygens (including phenoxy) is 2. The number of nitrogens with zero attached hydrogens (tertiary/aromatic N) is 1. The van der Waals surface area contributed by atoms with Gasteiger partial charge in [-0.05, 0) is 12.5 Å². The lowest BCUT2D eigenvalue weighted by Crippen LogP contribution is -2.07. The maximum absolute atomic E-state index is 12.0. The van der Waals surface area contributed by atoms with Crippen molar-refractivity contribution in [3.05, 3.63) is 36.0 Å². The molecule has 0 aliphatic carbocycles. The molecule has 4 heteroatoms. The minimum Gasteiger partial charge on any atom is -0.435 e. The Bertz CT molecular complexity index is 637. The Hall–Kier alpha value is -2.25. The predicted molar refractivity (Wildman–Crippen MR) is 77.3 cm³/mol. The lowest BCUT2D eigenvalue weighted by Gasteiger charge is -2.02. The molecule has 2 aromatic rings. The van der Waals surface area contributed by atoms with Crippen LogP contribution in [-0.4, -0.2) is 24.4 Å². The SMILES string of the molecule is C#CCCCn1cc(C(=O)OCOC)c2ccccc21. The second-order valence-electron chi connectivity index (χ2n) is 4.40. The number of hydrogen-bond donors (Lipinski definition) is 0. The molecule has 0 bridgehead atoms. The van der Waals surface area contributed by atoms with E-state index in [1.165, 1.54) is 7.11 Å². The summed E-state index contributed by atoms with van der Waals surface area (Å²) in [6.45, 7) is 0.734. The Morgan fingerprint density at radius 3 is 2.95 bits per heavy atom. The summed E-state index contributed by atoms with van der Waals surface area (Å²) in [5.74, 6) is 2.25. The zero-order chi connectivity index (χ0) is 14.4. The molecule has 104 valence electrons. The molecule has 4 nitrogen and oxygen atoms in total. The van der Waals surface area contributed by atoms with E-state index >= 15 is 0 Å². The maximum Gasteiger partial charge on any atom is 0.342 e. The number of carbonyl (C=O) groups excluding carboxylic acids is 1. The standard InChI is InChI=1S/C16H17NO3/c1-3-4-7-10-17-11-14(16(18)20-12-19-2)13-8-5-6-9-15(13)17/h1,5-6,8-9,11H,4,7,10,12H2,2H3. The van der Waals surface area contributed by atoms with Crippen molar-refractivity contribution >= 4 is 16.9 Å². The largest absolute Gasteiger partial charge is 0.435 e. The average Bonchev–Trinajstić information content (AvgIpc) is 2.84. The van der Waals surface area contributed by atoms with Crippen LogP contribution < -0.4 is 0 Å². The molecule has 1 aromatic carbocycles. The normalized spacial score (nSPS) is 10.4. The highest BCUT2D eigenvalue weighted by atomic mass is 16.7. The van der Waals surface area contributed by atoms with E-state index in [1.54, 1.807) is 0 Å². The first-order chi connectivity index (χ1) is 9.77. The molecule has 0 amide bonds. The van der Waals surface area contributed by atoms with Crippen molar-refractivity contribution in [3.8, 4) is 12.3 Å². The third-order valence-corrected chi connectivity index (χ3v) is 3.04. The smallest absolute Gasteiger partial charge is 0.342 e. The number of unbranched alkanes of at least 4 members (excludes halogenated alkanes) is 1. The van der Waals surface area contributed by atoms with E-state index in [4.69, 9.17) is 15.9 Å². The number of hydrogen-bond acceptors (Lipinski definition) is 3. The van der Waals surface area contributed by atoms with Gasteiger partial charge < -0.3 is 14.0 Å². The first-order valence-corrected chi connectivity index (χ1v) is 6.45. The summed E-state index contributed by atoms with van der Waals surface area (Å²) in [7, 11) is 1.48. The highest BCUT2D eigenvalue weighted by Crippen LogP contribution is 2.22. The van der Waals surface area contributed by atoms with Crippen LogP contribution in [0.3, 0.4) is 0 Å². The number of terminal acetylenes is 1. The fourth-order valence-electron chi connectivity index (χ4n) is 2.14. The van der Waals surface area contributed by atoms with Crippen LogP contribution in [0.1, 0.15) is 23.2 Å². The fraction of sp³-hybridized carbons (Fsp3) is 0.312. The molecule has 1 aromatic heterocycles. The van der Waals surface area contributed by atoms with E-state index in [1.807, 2.05) is 35.0 Å². The van der Waals surface area contributed by atoms with Crippen LogP contribution in [0, 0.1) is 12.3 Å². The summed E-state index contributed by atoms with van der Waals surface area (Å²) in [5.41, 5.74) is 1.56. The molecule has 0 saturated carbocycles. The monoisotopic (exact) mass is 271 g/mol. The van der Waals surface area contributed by atoms with Crippen LogP contribution in [0.25, 0.3) is 10.9 Å². The first kappa shape index (κ1) is 14.2. The van der Waals surface area contributed by atoms with Crippen LogP contribution in [0.15, 0.2) is 30.5 Å². The van der Waals surface area contributed by atoms with Gasteiger partial charge in [0.25, 0.3) is 0 Å². The zero-order valence-corrected chi connectivity index (χ0v) is 11.5. The van der Waals surface area contributed by atoms with E-state index in [0.717, 1.165) is 30.3 Å². The van der Waals surface area contributed by atoms with Gasteiger partial charge in [0.2, 0.25) is 0 Å². The Balaban J connectivity index is 2.30. The van der Waals surface area contributed by atoms with Crippen LogP contribution in [0.4, 0.5) is 0 Å². The summed E-state index contributed by atoms with van der Waals surface area (Å²) in [4.78, 5) is 12.0. The van der Waals surface area contributed by atoms with Crippen molar-refractivity contribution in [3.63, 3.8) is 0 Å². The minimum atomic E-state index is -0.376. The number of fused-ring (bicyclic) bond motifs is 1. The summed E-state index contributed by atoms with van der Waals surface area (Å²) >= 11 is 0. The quantitative estimate of drug-likeness (QED) is 0.351. The molecule has 0 fully saturated rings. The molecule has 0 atom stereocenters. The van der Waals surface area contributed by atoms with E-state index in [-0.39, 0.29) is 12.8 Å². The minimum absolute atomic E-state index is 0.0462. The second kappa shape index (κ2) is 6.78. The maximum atomic E-state index is 12.0. The van der Waals surface area contributed by atoms with Gasteiger partial charge in [0, 0.05) is 37.2 Å². The zero-order valence-electron chi connectivity index (χ0n) is 11.5. The Morgan fingerprint density at radius 1 is 1.40 bits per heavy atom. The molecular formula is C16H17NO3. The molecule has 2 rings (SSSR count). The Kier molecular flexibility index (Phi) is 4.80. The summed E-state index contributed by atoms with van der Waals surface area (Å²) in [5, 5.41) is 0.884. The van der Waals surface area contributed by atoms with Crippen molar-refractivity contribution in [2.24, 2.45) is 0 Å². The van der Waals surface area contributed by atoms with Crippen molar-refractivity contribution in [1.82, 2.24) is 4.57 Å². The van der Waals surface area contributed by atoms with Crippen molar-refractivity contribution in [2.45, 2.75) is 19.4 Å². The molecule has 0 unspecified atom stereocenters. The number of rotatable bonds is 6. The number of esters is 1. The predicted octanol–water partition coefficient (Wildman–Crippen LogP) is 2.82. The van der Waals surface area contributed by atoms with E-state index in [9.17, 15) is 4.79 Å². The van der Waals surface area contributed by atoms with Gasteiger partial charge in [-0.25, -0.2) is 4.79 Å². The summed E-state index contributed by atoms with van der Waals surface area (Å²) < 4.78 is 11.8. The van der Waals surface area contributed by atoms with Gasteiger partial charge in [-0.15, -0.1) is 12.3 Å². The van der Waals surface area contributed by atoms with Crippen molar-refractivity contribution in [1.29, 1.82) is 0 Å². The number of benzene rings is 1. The highest BCUT2D eigenvalue weighted by Gasteiger charge is 2.15. The molecule has 0 aliphatic rings. The number of methoxy groups -OCH3 is 1. The van der Waals surface area contributed by atoms with Gasteiger partial charge in [0.15, 0.2) is 6.79 Å². The highest BCUT2D eigenvalue weighted by molar-refractivity contribution is 6.04. The van der Waals surface area contributed by atoms with Crippen molar-refractivity contribution in [2.75, 3.05) is 13.9 Å². The van der Waals surface area contributed by atoms with Gasteiger partial charge in [0.05, 0.1) is 5.56 Å². The summed E-state index contributed by atoms with van der Waals surface area (Å²) in [6, 6.07) is 7.75. The van der Waals surface area contributed by atoms with Crippen LogP contribution in [-0.2, 0) is 16.0 Å². The Morgan fingerprint density at radius 2 is 2.20 bits per heavy atom. The molecule has 0 saturated heterocycles. The molecule has 20 heavy (non-hydrogen) atoms. The fourth-order valence-corrected chi connectivity index (χ4v) is 2.14. The van der Waals surface area contributed by atoms with Crippen LogP contribution in [0.5, 0.6) is 0 Å². The molecule has 1 heterocycles. The van der Waals surface area contributed by atoms with Crippen LogP contribution in [0.2, 0.25) is 0 Å². The average molecular weight is 271 g/mol. The molecular weight excluding hydrogens is 254 g/mol. The van der Waals surface area contributed by atoms with Gasteiger partial charge in [-0.2, -0.15) is 0 Å². The lowest BCUT2D eigenvalue weighted by atomic mass is 10.2. The Labute approximate surface area is 118 Å². The van der Waals surface area contributed by atoms with Crippen molar-refractivity contribution < 1.29 is 14.3 Å². The molecule has 0 aliphatic heterocycles. The molecule has 0 spiro atoms. The molecule has 0 N–H and O–H groups in total. The summed E-state index contributed by atoms with van der Waals surface area (Å²) in [6.07, 6.45) is 8.68. The van der Waals surface area contributed by atoms with Gasteiger partial charge in [-0.1, -0.05) is 18.2 Å². The topological polar surface area (TPSA) is 40.5 Å². The van der Waals surface area contributed by atoms with E-state index in [0.29, 0.717) is 5.56 Å².